The van der Waals surface area contributed by atoms with Crippen LogP contribution in [-0.4, -0.2) is 23.1 Å². The minimum atomic E-state index is -1.07. The second-order valence-corrected chi connectivity index (χ2v) is 6.11. The number of hydrogen-bond donors (Lipinski definition) is 2. The number of aromatic nitrogens is 1. The van der Waals surface area contributed by atoms with Crippen LogP contribution >= 0.6 is 27.3 Å². The number of carboxylic acid groups (broad SMARTS) is 1. The average Bonchev–Trinajstić information content (AvgIpc) is 2.87. The molecule has 2 aromatic rings. The summed E-state index contributed by atoms with van der Waals surface area (Å²) in [6.07, 6.45) is 0. The highest BCUT2D eigenvalue weighted by Gasteiger charge is 2.18. The maximum Gasteiger partial charge on any atom is 0.326 e. The first-order valence-electron chi connectivity index (χ1n) is 5.87. The van der Waals surface area contributed by atoms with Gasteiger partial charge in [-0.2, -0.15) is 0 Å². The first-order chi connectivity index (χ1) is 9.47. The fourth-order valence-corrected chi connectivity index (χ4v) is 2.97. The molecule has 1 atom stereocenters. The Labute approximate surface area is 129 Å². The fraction of sp³-hybridized carbons (Fsp3) is 0.231. The molecule has 7 heteroatoms. The quantitative estimate of drug-likeness (QED) is 0.861. The monoisotopic (exact) mass is 355 g/mol. The molecule has 3 N–H and O–H groups in total. The molecule has 1 aromatic heterocycles. The molecule has 20 heavy (non-hydrogen) atoms. The summed E-state index contributed by atoms with van der Waals surface area (Å²) in [7, 11) is 1.91. The van der Waals surface area contributed by atoms with E-state index in [1.807, 2.05) is 36.2 Å². The van der Waals surface area contributed by atoms with Gasteiger partial charge >= 0.3 is 5.97 Å². The predicted molar refractivity (Wildman–Crippen MR) is 82.9 cm³/mol. The molecule has 0 bridgehead atoms. The number of nitrogens with two attached hydrogens (primary N) is 1. The average molecular weight is 356 g/mol. The van der Waals surface area contributed by atoms with E-state index in [2.05, 4.69) is 20.9 Å². The predicted octanol–water partition coefficient (Wildman–Crippen LogP) is 2.63. The van der Waals surface area contributed by atoms with Crippen LogP contribution in [0.1, 0.15) is 17.3 Å². The molecule has 0 spiro atoms. The summed E-state index contributed by atoms with van der Waals surface area (Å²) in [5.41, 5.74) is 7.07. The van der Waals surface area contributed by atoms with E-state index in [0.29, 0.717) is 12.2 Å². The Kier molecular flexibility index (Phi) is 4.74. The number of thiazole rings is 1. The van der Waals surface area contributed by atoms with Crippen LogP contribution < -0.4 is 10.6 Å². The fourth-order valence-electron chi connectivity index (χ4n) is 1.70. The molecule has 0 aliphatic carbocycles. The van der Waals surface area contributed by atoms with Crippen molar-refractivity contribution in [2.24, 2.45) is 5.73 Å². The van der Waals surface area contributed by atoms with Gasteiger partial charge in [0.2, 0.25) is 0 Å². The molecule has 1 heterocycles. The third-order valence-electron chi connectivity index (χ3n) is 2.73. The first kappa shape index (κ1) is 15.0. The van der Waals surface area contributed by atoms with Crippen LogP contribution in [0.15, 0.2) is 34.1 Å². The van der Waals surface area contributed by atoms with Crippen LogP contribution in [0.3, 0.4) is 0 Å². The van der Waals surface area contributed by atoms with Crippen molar-refractivity contribution in [3.63, 3.8) is 0 Å². The Bertz CT molecular complexity index is 617. The van der Waals surface area contributed by atoms with Crippen molar-refractivity contribution >= 4 is 38.4 Å². The Balaban J connectivity index is 2.10. The van der Waals surface area contributed by atoms with Crippen molar-refractivity contribution in [2.45, 2.75) is 12.6 Å². The third kappa shape index (κ3) is 3.56. The number of carboxylic acids is 1. The number of benzene rings is 1. The van der Waals surface area contributed by atoms with Gasteiger partial charge in [0.1, 0.15) is 6.04 Å². The lowest BCUT2D eigenvalue weighted by Crippen LogP contribution is -2.21. The van der Waals surface area contributed by atoms with Crippen LogP contribution in [0.4, 0.5) is 5.13 Å². The molecular formula is C13H14BrN3O2S. The van der Waals surface area contributed by atoms with E-state index in [-0.39, 0.29) is 0 Å². The van der Waals surface area contributed by atoms with Gasteiger partial charge in [-0.15, -0.1) is 11.3 Å². The van der Waals surface area contributed by atoms with E-state index in [1.54, 1.807) is 5.38 Å². The Morgan fingerprint density at radius 3 is 3.00 bits per heavy atom. The molecular weight excluding hydrogens is 342 g/mol. The molecule has 0 radical (unpaired) electrons. The van der Waals surface area contributed by atoms with E-state index < -0.39 is 12.0 Å². The van der Waals surface area contributed by atoms with Crippen molar-refractivity contribution in [1.82, 2.24) is 4.98 Å². The number of carbonyl (C=O) groups is 1. The number of anilines is 1. The minimum Gasteiger partial charge on any atom is -0.480 e. The molecule has 106 valence electrons. The van der Waals surface area contributed by atoms with Gasteiger partial charge in [0.25, 0.3) is 0 Å². The summed E-state index contributed by atoms with van der Waals surface area (Å²) in [6.45, 7) is 0.689. The molecule has 0 fully saturated rings. The summed E-state index contributed by atoms with van der Waals surface area (Å²) in [4.78, 5) is 17.1. The number of halogens is 1. The second-order valence-electron chi connectivity index (χ2n) is 4.36. The number of aliphatic carboxylic acids is 1. The van der Waals surface area contributed by atoms with Crippen molar-refractivity contribution < 1.29 is 9.90 Å². The molecule has 0 amide bonds. The summed E-state index contributed by atoms with van der Waals surface area (Å²) >= 11 is 4.82. The molecule has 0 saturated carbocycles. The maximum absolute atomic E-state index is 10.8. The lowest BCUT2D eigenvalue weighted by atomic mass is 10.2. The Hall–Kier alpha value is -1.44. The molecule has 0 aliphatic rings. The third-order valence-corrected chi connectivity index (χ3v) is 4.20. The van der Waals surface area contributed by atoms with E-state index in [4.69, 9.17) is 10.8 Å². The zero-order valence-electron chi connectivity index (χ0n) is 10.8. The molecule has 1 aromatic carbocycles. The van der Waals surface area contributed by atoms with E-state index in [1.165, 1.54) is 11.3 Å². The van der Waals surface area contributed by atoms with Gasteiger partial charge < -0.3 is 15.7 Å². The van der Waals surface area contributed by atoms with Crippen molar-refractivity contribution in [1.29, 1.82) is 0 Å². The lowest BCUT2D eigenvalue weighted by molar-refractivity contribution is -0.138. The number of hydrogen-bond acceptors (Lipinski definition) is 5. The lowest BCUT2D eigenvalue weighted by Gasteiger charge is -2.16. The zero-order valence-corrected chi connectivity index (χ0v) is 13.2. The smallest absolute Gasteiger partial charge is 0.326 e. The Morgan fingerprint density at radius 2 is 2.35 bits per heavy atom. The van der Waals surface area contributed by atoms with Crippen molar-refractivity contribution in [3.05, 3.63) is 45.4 Å². The summed E-state index contributed by atoms with van der Waals surface area (Å²) in [6, 6.07) is 6.93. The van der Waals surface area contributed by atoms with Gasteiger partial charge in [0, 0.05) is 23.4 Å². The molecule has 1 unspecified atom stereocenters. The zero-order chi connectivity index (χ0) is 14.7. The first-order valence-corrected chi connectivity index (χ1v) is 7.54. The van der Waals surface area contributed by atoms with Crippen LogP contribution in [0.2, 0.25) is 0 Å². The van der Waals surface area contributed by atoms with E-state index in [0.717, 1.165) is 15.2 Å². The highest BCUT2D eigenvalue weighted by atomic mass is 79.9. The maximum atomic E-state index is 10.8. The van der Waals surface area contributed by atoms with E-state index in [9.17, 15) is 4.79 Å². The van der Waals surface area contributed by atoms with Gasteiger partial charge in [-0.25, -0.2) is 4.98 Å². The normalized spacial score (nSPS) is 12.2. The van der Waals surface area contributed by atoms with Gasteiger partial charge in [0.15, 0.2) is 5.13 Å². The van der Waals surface area contributed by atoms with Crippen molar-refractivity contribution in [3.8, 4) is 0 Å². The molecule has 0 aliphatic heterocycles. The van der Waals surface area contributed by atoms with Gasteiger partial charge in [-0.1, -0.05) is 28.1 Å². The van der Waals surface area contributed by atoms with Gasteiger partial charge in [-0.05, 0) is 17.7 Å². The standard InChI is InChI=1S/C13H14BrN3O2S/c1-17(6-8-3-2-4-9(14)5-8)13-16-10(7-20-13)11(15)12(18)19/h2-5,7,11H,6,15H2,1H3,(H,18,19). The number of rotatable bonds is 5. The van der Waals surface area contributed by atoms with Gasteiger partial charge in [-0.3, -0.25) is 4.79 Å². The molecule has 0 saturated heterocycles. The Morgan fingerprint density at radius 1 is 1.60 bits per heavy atom. The van der Waals surface area contributed by atoms with Crippen molar-refractivity contribution in [2.75, 3.05) is 11.9 Å². The SMILES string of the molecule is CN(Cc1cccc(Br)c1)c1nc(C(N)C(=O)O)cs1. The summed E-state index contributed by atoms with van der Waals surface area (Å²) in [5, 5.41) is 11.3. The van der Waals surface area contributed by atoms with Gasteiger partial charge in [0.05, 0.1) is 5.69 Å². The van der Waals surface area contributed by atoms with Crippen LogP contribution in [0.25, 0.3) is 0 Å². The number of nitrogens with zero attached hydrogens (tertiary/aromatic N) is 2. The molecule has 2 rings (SSSR count). The highest BCUT2D eigenvalue weighted by molar-refractivity contribution is 9.10. The van der Waals surface area contributed by atoms with E-state index >= 15 is 0 Å². The largest absolute Gasteiger partial charge is 0.480 e. The van der Waals surface area contributed by atoms with Crippen LogP contribution in [0, 0.1) is 0 Å². The summed E-state index contributed by atoms with van der Waals surface area (Å²) < 4.78 is 1.02. The molecule has 5 nitrogen and oxygen atoms in total. The summed E-state index contributed by atoms with van der Waals surface area (Å²) in [5.74, 6) is -1.07. The van der Waals surface area contributed by atoms with Crippen LogP contribution in [0.5, 0.6) is 0 Å². The minimum absolute atomic E-state index is 0.388. The second kappa shape index (κ2) is 6.34. The van der Waals surface area contributed by atoms with Crippen LogP contribution in [-0.2, 0) is 11.3 Å². The highest BCUT2D eigenvalue weighted by Crippen LogP contribution is 2.24. The topological polar surface area (TPSA) is 79.5 Å².